The van der Waals surface area contributed by atoms with Crippen molar-refractivity contribution in [2.24, 2.45) is 0 Å². The molecule has 0 spiro atoms. The molecule has 3 rings (SSSR count). The number of hydrogen-bond acceptors (Lipinski definition) is 5. The number of urea groups is 1. The van der Waals surface area contributed by atoms with Gasteiger partial charge in [0.25, 0.3) is 0 Å². The standard InChI is InChI=1S/C21H25FN4O4/c22-14-4-6-15(7-5-14)25-21(29)26-18-9-8-17(30-19(18)13-27)11-20(28)24-12-16-3-1-2-10-23-16/h1-7,10,17-19,27H,8-9,11-13H2,(H,24,28)(H2,25,26,29)/t17-,18+,19+/m1/s1. The van der Waals surface area contributed by atoms with E-state index in [-0.39, 0.29) is 25.0 Å². The molecule has 1 aliphatic heterocycles. The van der Waals surface area contributed by atoms with Crippen LogP contribution in [0.3, 0.4) is 0 Å². The van der Waals surface area contributed by atoms with Gasteiger partial charge in [0.2, 0.25) is 5.91 Å². The molecule has 160 valence electrons. The summed E-state index contributed by atoms with van der Waals surface area (Å²) in [4.78, 5) is 28.5. The van der Waals surface area contributed by atoms with Crippen LogP contribution in [-0.2, 0) is 16.1 Å². The fraction of sp³-hybridized carbons (Fsp3) is 0.381. The van der Waals surface area contributed by atoms with Gasteiger partial charge in [0.05, 0.1) is 37.4 Å². The molecular formula is C21H25FN4O4. The van der Waals surface area contributed by atoms with Crippen molar-refractivity contribution in [3.63, 3.8) is 0 Å². The van der Waals surface area contributed by atoms with Crippen molar-refractivity contribution >= 4 is 17.6 Å². The van der Waals surface area contributed by atoms with Crippen LogP contribution in [0.4, 0.5) is 14.9 Å². The fourth-order valence-corrected chi connectivity index (χ4v) is 3.29. The van der Waals surface area contributed by atoms with Gasteiger partial charge in [-0.25, -0.2) is 9.18 Å². The Kier molecular flexibility index (Phi) is 7.69. The van der Waals surface area contributed by atoms with Crippen LogP contribution in [0.2, 0.25) is 0 Å². The molecular weight excluding hydrogens is 391 g/mol. The molecule has 0 aliphatic carbocycles. The van der Waals surface area contributed by atoms with E-state index in [4.69, 9.17) is 4.74 Å². The third-order valence-electron chi connectivity index (χ3n) is 4.82. The third kappa shape index (κ3) is 6.50. The number of aliphatic hydroxyl groups is 1. The Bertz CT molecular complexity index is 835. The van der Waals surface area contributed by atoms with Crippen molar-refractivity contribution in [1.82, 2.24) is 15.6 Å². The SMILES string of the molecule is O=C(C[C@H]1CC[C@H](NC(=O)Nc2ccc(F)cc2)[C@H](CO)O1)NCc1ccccn1. The van der Waals surface area contributed by atoms with Gasteiger partial charge >= 0.3 is 6.03 Å². The van der Waals surface area contributed by atoms with Gasteiger partial charge in [-0.15, -0.1) is 0 Å². The number of amides is 3. The summed E-state index contributed by atoms with van der Waals surface area (Å²) in [6.07, 6.45) is 1.99. The van der Waals surface area contributed by atoms with Crippen molar-refractivity contribution in [2.45, 2.75) is 44.1 Å². The summed E-state index contributed by atoms with van der Waals surface area (Å²) in [5, 5.41) is 17.8. The largest absolute Gasteiger partial charge is 0.394 e. The van der Waals surface area contributed by atoms with Crippen molar-refractivity contribution < 1.29 is 23.8 Å². The normalized spacial score (nSPS) is 20.9. The summed E-state index contributed by atoms with van der Waals surface area (Å²) >= 11 is 0. The van der Waals surface area contributed by atoms with Crippen molar-refractivity contribution in [3.05, 3.63) is 60.2 Å². The molecule has 3 atom stereocenters. The molecule has 1 fully saturated rings. The highest BCUT2D eigenvalue weighted by Crippen LogP contribution is 2.22. The molecule has 4 N–H and O–H groups in total. The van der Waals surface area contributed by atoms with Gasteiger partial charge in [0.1, 0.15) is 11.9 Å². The summed E-state index contributed by atoms with van der Waals surface area (Å²) < 4.78 is 18.8. The van der Waals surface area contributed by atoms with Crippen molar-refractivity contribution in [3.8, 4) is 0 Å². The number of ether oxygens (including phenoxy) is 1. The van der Waals surface area contributed by atoms with Gasteiger partial charge in [0.15, 0.2) is 0 Å². The van der Waals surface area contributed by atoms with E-state index in [1.54, 1.807) is 12.3 Å². The lowest BCUT2D eigenvalue weighted by atomic mass is 9.97. The van der Waals surface area contributed by atoms with Crippen LogP contribution in [-0.4, -0.2) is 46.9 Å². The summed E-state index contributed by atoms with van der Waals surface area (Å²) in [6, 6.07) is 10.0. The maximum Gasteiger partial charge on any atom is 0.319 e. The molecule has 30 heavy (non-hydrogen) atoms. The zero-order valence-corrected chi connectivity index (χ0v) is 16.4. The number of hydrogen-bond donors (Lipinski definition) is 4. The quantitative estimate of drug-likeness (QED) is 0.551. The number of aromatic nitrogens is 1. The van der Waals surface area contributed by atoms with Gasteiger partial charge in [-0.1, -0.05) is 6.07 Å². The lowest BCUT2D eigenvalue weighted by molar-refractivity contribution is -0.130. The van der Waals surface area contributed by atoms with E-state index in [1.165, 1.54) is 24.3 Å². The summed E-state index contributed by atoms with van der Waals surface area (Å²) in [5.41, 5.74) is 1.22. The first-order chi connectivity index (χ1) is 14.5. The molecule has 3 amide bonds. The van der Waals surface area contributed by atoms with Crippen LogP contribution in [0.5, 0.6) is 0 Å². The zero-order valence-electron chi connectivity index (χ0n) is 16.4. The second kappa shape index (κ2) is 10.7. The predicted molar refractivity (Wildman–Crippen MR) is 108 cm³/mol. The first-order valence-electron chi connectivity index (χ1n) is 9.79. The number of halogens is 1. The molecule has 0 radical (unpaired) electrons. The van der Waals surface area contributed by atoms with Crippen LogP contribution < -0.4 is 16.0 Å². The van der Waals surface area contributed by atoms with E-state index < -0.39 is 24.0 Å². The molecule has 0 bridgehead atoms. The van der Waals surface area contributed by atoms with Gasteiger partial charge in [-0.2, -0.15) is 0 Å². The number of nitrogens with one attached hydrogen (secondary N) is 3. The number of nitrogens with zero attached hydrogens (tertiary/aromatic N) is 1. The van der Waals surface area contributed by atoms with E-state index in [1.807, 2.05) is 12.1 Å². The lowest BCUT2D eigenvalue weighted by Gasteiger charge is -2.35. The van der Waals surface area contributed by atoms with Gasteiger partial charge < -0.3 is 25.8 Å². The van der Waals surface area contributed by atoms with Crippen LogP contribution >= 0.6 is 0 Å². The molecule has 2 aromatic rings. The van der Waals surface area contributed by atoms with Gasteiger partial charge in [-0.3, -0.25) is 9.78 Å². The predicted octanol–water partition coefficient (Wildman–Crippen LogP) is 1.96. The van der Waals surface area contributed by atoms with E-state index in [9.17, 15) is 19.1 Å². The molecule has 0 saturated carbocycles. The van der Waals surface area contributed by atoms with Crippen LogP contribution in [0.25, 0.3) is 0 Å². The average Bonchev–Trinajstić information content (AvgIpc) is 2.75. The number of benzene rings is 1. The number of pyridine rings is 1. The minimum absolute atomic E-state index is 0.164. The first-order valence-corrected chi connectivity index (χ1v) is 9.79. The highest BCUT2D eigenvalue weighted by atomic mass is 19.1. The Labute approximate surface area is 173 Å². The second-order valence-electron chi connectivity index (χ2n) is 7.07. The summed E-state index contributed by atoms with van der Waals surface area (Å²) in [5.74, 6) is -0.556. The highest BCUT2D eigenvalue weighted by molar-refractivity contribution is 5.89. The topological polar surface area (TPSA) is 113 Å². The van der Waals surface area contributed by atoms with Crippen LogP contribution in [0, 0.1) is 5.82 Å². The Morgan fingerprint density at radius 3 is 2.67 bits per heavy atom. The Morgan fingerprint density at radius 1 is 1.17 bits per heavy atom. The van der Waals surface area contributed by atoms with Gasteiger partial charge in [0, 0.05) is 11.9 Å². The minimum Gasteiger partial charge on any atom is -0.394 e. The first kappa shape index (κ1) is 21.7. The number of aliphatic hydroxyl groups excluding tert-OH is 1. The average molecular weight is 416 g/mol. The van der Waals surface area contributed by atoms with Crippen molar-refractivity contribution in [2.75, 3.05) is 11.9 Å². The third-order valence-corrected chi connectivity index (χ3v) is 4.82. The Hall–Kier alpha value is -3.04. The Balaban J connectivity index is 1.44. The minimum atomic E-state index is -0.619. The number of carbonyl (C=O) groups is 2. The molecule has 1 aliphatic rings. The van der Waals surface area contributed by atoms with E-state index >= 15 is 0 Å². The number of carbonyl (C=O) groups excluding carboxylic acids is 2. The van der Waals surface area contributed by atoms with Crippen LogP contribution in [0.15, 0.2) is 48.7 Å². The molecule has 9 heteroatoms. The summed E-state index contributed by atoms with van der Waals surface area (Å²) in [7, 11) is 0. The number of rotatable bonds is 7. The molecule has 1 aromatic heterocycles. The number of anilines is 1. The van der Waals surface area contributed by atoms with E-state index in [0.29, 0.717) is 25.1 Å². The molecule has 8 nitrogen and oxygen atoms in total. The molecule has 2 heterocycles. The molecule has 1 saturated heterocycles. The monoisotopic (exact) mass is 416 g/mol. The van der Waals surface area contributed by atoms with Gasteiger partial charge in [-0.05, 0) is 49.2 Å². The van der Waals surface area contributed by atoms with E-state index in [2.05, 4.69) is 20.9 Å². The van der Waals surface area contributed by atoms with Crippen LogP contribution in [0.1, 0.15) is 25.0 Å². The second-order valence-corrected chi connectivity index (χ2v) is 7.07. The Morgan fingerprint density at radius 2 is 1.97 bits per heavy atom. The zero-order chi connectivity index (χ0) is 21.3. The molecule has 1 aromatic carbocycles. The molecule has 0 unspecified atom stereocenters. The smallest absolute Gasteiger partial charge is 0.319 e. The summed E-state index contributed by atoms with van der Waals surface area (Å²) in [6.45, 7) is 0.0527. The van der Waals surface area contributed by atoms with E-state index in [0.717, 1.165) is 5.69 Å². The lowest BCUT2D eigenvalue weighted by Crippen LogP contribution is -2.52. The highest BCUT2D eigenvalue weighted by Gasteiger charge is 2.32. The fourth-order valence-electron chi connectivity index (χ4n) is 3.29. The maximum absolute atomic E-state index is 13.0. The maximum atomic E-state index is 13.0. The van der Waals surface area contributed by atoms with Crippen molar-refractivity contribution in [1.29, 1.82) is 0 Å².